The third-order valence-electron chi connectivity index (χ3n) is 3.22. The van der Waals surface area contributed by atoms with Crippen molar-refractivity contribution < 1.29 is 9.53 Å². The van der Waals surface area contributed by atoms with Gasteiger partial charge in [-0.2, -0.15) is 0 Å². The third-order valence-corrected chi connectivity index (χ3v) is 4.29. The quantitative estimate of drug-likeness (QED) is 0.705. The number of aryl methyl sites for hydroxylation is 1. The second-order valence-electron chi connectivity index (χ2n) is 4.75. The van der Waals surface area contributed by atoms with Crippen LogP contribution in [0.25, 0.3) is 0 Å². The van der Waals surface area contributed by atoms with Crippen LogP contribution in [0.2, 0.25) is 0 Å². The molecule has 2 heterocycles. The number of halogens is 2. The first-order valence-electron chi connectivity index (χ1n) is 6.16. The Morgan fingerprint density at radius 3 is 2.85 bits per heavy atom. The predicted octanol–water partition coefficient (Wildman–Crippen LogP) is 4.62. The van der Waals surface area contributed by atoms with Gasteiger partial charge in [0.15, 0.2) is 5.78 Å². The van der Waals surface area contributed by atoms with E-state index in [4.69, 9.17) is 4.74 Å². The molecule has 0 spiro atoms. The van der Waals surface area contributed by atoms with Crippen molar-refractivity contribution >= 4 is 37.6 Å². The fourth-order valence-electron chi connectivity index (χ4n) is 2.25. The lowest BCUT2D eigenvalue weighted by Crippen LogP contribution is -2.21. The van der Waals surface area contributed by atoms with Gasteiger partial charge in [0.25, 0.3) is 0 Å². The number of carbonyl (C=O) groups is 1. The highest BCUT2D eigenvalue weighted by Gasteiger charge is 2.29. The molecule has 5 heteroatoms. The van der Waals surface area contributed by atoms with E-state index >= 15 is 0 Å². The summed E-state index contributed by atoms with van der Waals surface area (Å²) in [5.41, 5.74) is 2.46. The van der Waals surface area contributed by atoms with Gasteiger partial charge in [0.2, 0.25) is 0 Å². The van der Waals surface area contributed by atoms with Crippen LogP contribution in [0.15, 0.2) is 39.4 Å². The molecule has 3 rings (SSSR count). The lowest BCUT2D eigenvalue weighted by atomic mass is 9.97. The monoisotopic (exact) mass is 395 g/mol. The summed E-state index contributed by atoms with van der Waals surface area (Å²) >= 11 is 6.84. The van der Waals surface area contributed by atoms with Crippen LogP contribution in [0.1, 0.15) is 34.1 Å². The van der Waals surface area contributed by atoms with Crippen LogP contribution in [-0.4, -0.2) is 10.8 Å². The maximum absolute atomic E-state index is 12.3. The first-order valence-corrected chi connectivity index (χ1v) is 7.74. The highest BCUT2D eigenvalue weighted by atomic mass is 79.9. The first-order chi connectivity index (χ1) is 9.54. The number of hydrogen-bond acceptors (Lipinski definition) is 3. The number of fused-ring (bicyclic) bond motifs is 1. The minimum Gasteiger partial charge on any atom is -0.483 e. The van der Waals surface area contributed by atoms with Crippen LogP contribution in [0.5, 0.6) is 5.75 Å². The standard InChI is InChI=1S/C15H11Br2NO2/c1-8-2-3-13-10(4-8)12(19)6-14(20-13)15-11(17)5-9(16)7-18-15/h2-5,7,14H,6H2,1H3. The molecule has 0 aliphatic carbocycles. The molecule has 1 atom stereocenters. The van der Waals surface area contributed by atoms with Gasteiger partial charge in [-0.3, -0.25) is 9.78 Å². The zero-order chi connectivity index (χ0) is 14.3. The molecule has 2 aromatic rings. The molecule has 0 radical (unpaired) electrons. The molecule has 20 heavy (non-hydrogen) atoms. The minimum absolute atomic E-state index is 0.0940. The summed E-state index contributed by atoms with van der Waals surface area (Å²) in [5, 5.41) is 0. The van der Waals surface area contributed by atoms with Crippen LogP contribution in [0.3, 0.4) is 0 Å². The molecular formula is C15H11Br2NO2. The van der Waals surface area contributed by atoms with Crippen LogP contribution in [0, 0.1) is 6.92 Å². The summed E-state index contributed by atoms with van der Waals surface area (Å²) in [4.78, 5) is 16.6. The van der Waals surface area contributed by atoms with Crippen molar-refractivity contribution in [3.05, 3.63) is 56.2 Å². The van der Waals surface area contributed by atoms with Crippen molar-refractivity contribution in [3.8, 4) is 5.75 Å². The van der Waals surface area contributed by atoms with E-state index in [-0.39, 0.29) is 11.9 Å². The van der Waals surface area contributed by atoms with Crippen molar-refractivity contribution in [1.29, 1.82) is 0 Å². The van der Waals surface area contributed by atoms with Gasteiger partial charge in [-0.15, -0.1) is 0 Å². The van der Waals surface area contributed by atoms with Gasteiger partial charge >= 0.3 is 0 Å². The highest BCUT2D eigenvalue weighted by Crippen LogP contribution is 2.37. The number of ketones is 1. The Kier molecular flexibility index (Phi) is 3.65. The molecule has 1 unspecified atom stereocenters. The molecule has 0 fully saturated rings. The van der Waals surface area contributed by atoms with E-state index < -0.39 is 0 Å². The molecule has 1 aromatic carbocycles. The van der Waals surface area contributed by atoms with Gasteiger partial charge in [0.1, 0.15) is 11.9 Å². The van der Waals surface area contributed by atoms with Gasteiger partial charge in [-0.25, -0.2) is 0 Å². The Labute approximate surface area is 133 Å². The number of hydrogen-bond donors (Lipinski definition) is 0. The molecule has 1 aliphatic heterocycles. The van der Waals surface area contributed by atoms with Crippen molar-refractivity contribution in [3.63, 3.8) is 0 Å². The smallest absolute Gasteiger partial charge is 0.170 e. The van der Waals surface area contributed by atoms with Crippen LogP contribution in [-0.2, 0) is 0 Å². The topological polar surface area (TPSA) is 39.2 Å². The Balaban J connectivity index is 1.99. The average molecular weight is 397 g/mol. The molecule has 0 amide bonds. The Hall–Kier alpha value is -1.20. The van der Waals surface area contributed by atoms with Gasteiger partial charge in [-0.05, 0) is 57.0 Å². The predicted molar refractivity (Wildman–Crippen MR) is 83.1 cm³/mol. The molecular weight excluding hydrogens is 386 g/mol. The molecule has 3 nitrogen and oxygen atoms in total. The summed E-state index contributed by atoms with van der Waals surface area (Å²) < 4.78 is 7.65. The number of rotatable bonds is 1. The van der Waals surface area contributed by atoms with Crippen LogP contribution in [0.4, 0.5) is 0 Å². The van der Waals surface area contributed by atoms with Gasteiger partial charge in [0.05, 0.1) is 17.7 Å². The second-order valence-corrected chi connectivity index (χ2v) is 6.52. The summed E-state index contributed by atoms with van der Waals surface area (Å²) in [6.07, 6.45) is 1.67. The van der Waals surface area contributed by atoms with E-state index in [1.807, 2.05) is 31.2 Å². The Morgan fingerprint density at radius 1 is 1.30 bits per heavy atom. The van der Waals surface area contributed by atoms with Gasteiger partial charge in [0, 0.05) is 15.1 Å². The van der Waals surface area contributed by atoms with Crippen LogP contribution < -0.4 is 4.74 Å². The minimum atomic E-state index is -0.347. The van der Waals surface area contributed by atoms with E-state index in [9.17, 15) is 4.79 Å². The zero-order valence-corrected chi connectivity index (χ0v) is 13.9. The third kappa shape index (κ3) is 2.52. The summed E-state index contributed by atoms with van der Waals surface area (Å²) in [6.45, 7) is 1.96. The largest absolute Gasteiger partial charge is 0.483 e. The summed E-state index contributed by atoms with van der Waals surface area (Å²) in [5.74, 6) is 0.727. The maximum Gasteiger partial charge on any atom is 0.170 e. The van der Waals surface area contributed by atoms with E-state index in [1.165, 1.54) is 0 Å². The number of aromatic nitrogens is 1. The zero-order valence-electron chi connectivity index (χ0n) is 10.7. The van der Waals surface area contributed by atoms with Crippen molar-refractivity contribution in [2.45, 2.75) is 19.4 Å². The average Bonchev–Trinajstić information content (AvgIpc) is 2.39. The molecule has 1 aliphatic rings. The highest BCUT2D eigenvalue weighted by molar-refractivity contribution is 9.11. The number of carbonyl (C=O) groups excluding carboxylic acids is 1. The number of Topliss-reactive ketones (excluding diaryl/α,β-unsaturated/α-hetero) is 1. The Morgan fingerprint density at radius 2 is 2.10 bits per heavy atom. The number of pyridine rings is 1. The normalized spacial score (nSPS) is 17.6. The number of ether oxygens (including phenoxy) is 1. The van der Waals surface area contributed by atoms with Crippen LogP contribution >= 0.6 is 31.9 Å². The molecule has 1 aromatic heterocycles. The Bertz CT molecular complexity index is 700. The fraction of sp³-hybridized carbons (Fsp3) is 0.200. The maximum atomic E-state index is 12.3. The molecule has 0 saturated carbocycles. The molecule has 0 saturated heterocycles. The van der Waals surface area contributed by atoms with Crippen molar-refractivity contribution in [2.24, 2.45) is 0 Å². The van der Waals surface area contributed by atoms with Crippen molar-refractivity contribution in [1.82, 2.24) is 4.98 Å². The van der Waals surface area contributed by atoms with Crippen molar-refractivity contribution in [2.75, 3.05) is 0 Å². The van der Waals surface area contributed by atoms with Gasteiger partial charge < -0.3 is 4.74 Å². The number of nitrogens with zero attached hydrogens (tertiary/aromatic N) is 1. The SMILES string of the molecule is Cc1ccc2c(c1)C(=O)CC(c1ncc(Br)cc1Br)O2. The van der Waals surface area contributed by atoms with E-state index in [1.54, 1.807) is 6.20 Å². The molecule has 0 N–H and O–H groups in total. The number of benzene rings is 1. The van der Waals surface area contributed by atoms with E-state index in [2.05, 4.69) is 36.8 Å². The van der Waals surface area contributed by atoms with E-state index in [0.29, 0.717) is 17.7 Å². The fourth-order valence-corrected chi connectivity index (χ4v) is 3.50. The second kappa shape index (κ2) is 5.30. The van der Waals surface area contributed by atoms with E-state index in [0.717, 1.165) is 20.2 Å². The lowest BCUT2D eigenvalue weighted by Gasteiger charge is -2.25. The lowest BCUT2D eigenvalue weighted by molar-refractivity contribution is 0.0843. The summed E-state index contributed by atoms with van der Waals surface area (Å²) in [6, 6.07) is 7.57. The molecule has 102 valence electrons. The van der Waals surface area contributed by atoms with Gasteiger partial charge in [-0.1, -0.05) is 11.6 Å². The first kappa shape index (κ1) is 13.8. The summed E-state index contributed by atoms with van der Waals surface area (Å²) in [7, 11) is 0. The molecule has 0 bridgehead atoms.